The van der Waals surface area contributed by atoms with Gasteiger partial charge in [0.15, 0.2) is 5.82 Å². The molecule has 120 valence electrons. The molecule has 1 aromatic heterocycles. The largest absolute Gasteiger partial charge is 0.507 e. The molecular weight excluding hydrogens is 320 g/mol. The predicted octanol–water partition coefficient (Wildman–Crippen LogP) is 3.71. The van der Waals surface area contributed by atoms with Crippen molar-refractivity contribution in [2.75, 3.05) is 0 Å². The molecular formula is C18H16N4OS. The van der Waals surface area contributed by atoms with Gasteiger partial charge in [-0.3, -0.25) is 0 Å². The first-order chi connectivity index (χ1) is 11.6. The second-order valence-corrected chi connectivity index (χ2v) is 7.05. The van der Waals surface area contributed by atoms with E-state index in [2.05, 4.69) is 24.0 Å². The molecule has 6 heteroatoms. The van der Waals surface area contributed by atoms with Gasteiger partial charge >= 0.3 is 0 Å². The molecule has 1 N–H and O–H groups in total. The van der Waals surface area contributed by atoms with Crippen LogP contribution >= 0.6 is 11.8 Å². The summed E-state index contributed by atoms with van der Waals surface area (Å²) in [5.74, 6) is 0.939. The highest BCUT2D eigenvalue weighted by Gasteiger charge is 2.27. The van der Waals surface area contributed by atoms with Crippen molar-refractivity contribution in [3.05, 3.63) is 59.7 Å². The third kappa shape index (κ3) is 2.49. The lowest BCUT2D eigenvalue weighted by molar-refractivity contribution is 0.474. The highest BCUT2D eigenvalue weighted by Crippen LogP contribution is 2.34. The maximum absolute atomic E-state index is 10.2. The lowest BCUT2D eigenvalue weighted by atomic mass is 10.1. The van der Waals surface area contributed by atoms with Crippen LogP contribution in [0.1, 0.15) is 18.1 Å². The molecule has 2 heterocycles. The molecule has 24 heavy (non-hydrogen) atoms. The summed E-state index contributed by atoms with van der Waals surface area (Å²) in [4.78, 5) is 0. The van der Waals surface area contributed by atoms with E-state index in [1.54, 1.807) is 22.5 Å². The maximum Gasteiger partial charge on any atom is 0.213 e. The molecule has 0 aliphatic carbocycles. The normalized spacial score (nSPS) is 16.6. The molecule has 0 amide bonds. The Morgan fingerprint density at radius 3 is 2.54 bits per heavy atom. The van der Waals surface area contributed by atoms with E-state index in [1.165, 1.54) is 5.56 Å². The number of phenolic OH excluding ortho intramolecular Hbond substituents is 1. The molecule has 1 atom stereocenters. The number of nitrogens with zero attached hydrogens (tertiary/aromatic N) is 4. The number of benzene rings is 2. The zero-order chi connectivity index (χ0) is 16.7. The zero-order valence-corrected chi connectivity index (χ0v) is 14.2. The molecule has 0 spiro atoms. The van der Waals surface area contributed by atoms with Crippen LogP contribution in [0.4, 0.5) is 0 Å². The Labute approximate surface area is 144 Å². The molecule has 3 aromatic rings. The molecule has 0 bridgehead atoms. The molecule has 0 saturated heterocycles. The number of hydrogen-bond donors (Lipinski definition) is 1. The lowest BCUT2D eigenvalue weighted by Crippen LogP contribution is -2.21. The van der Waals surface area contributed by atoms with Crippen molar-refractivity contribution in [1.82, 2.24) is 14.9 Å². The predicted molar refractivity (Wildman–Crippen MR) is 95.6 cm³/mol. The molecule has 1 aliphatic rings. The van der Waals surface area contributed by atoms with Gasteiger partial charge in [-0.15, -0.1) is 10.2 Å². The Kier molecular flexibility index (Phi) is 3.61. The van der Waals surface area contributed by atoms with E-state index < -0.39 is 0 Å². The fourth-order valence-corrected chi connectivity index (χ4v) is 3.59. The van der Waals surface area contributed by atoms with Gasteiger partial charge in [0.05, 0.1) is 11.0 Å². The highest BCUT2D eigenvalue weighted by atomic mass is 32.2. The molecule has 1 aliphatic heterocycles. The van der Waals surface area contributed by atoms with E-state index in [0.29, 0.717) is 5.82 Å². The van der Waals surface area contributed by atoms with Crippen LogP contribution in [0.25, 0.3) is 11.4 Å². The minimum atomic E-state index is 0.0841. The second kappa shape index (κ2) is 5.79. The lowest BCUT2D eigenvalue weighted by Gasteiger charge is -2.20. The Morgan fingerprint density at radius 2 is 1.79 bits per heavy atom. The van der Waals surface area contributed by atoms with Gasteiger partial charge in [-0.1, -0.05) is 53.7 Å². The van der Waals surface area contributed by atoms with E-state index in [0.717, 1.165) is 22.0 Å². The van der Waals surface area contributed by atoms with Crippen molar-refractivity contribution < 1.29 is 5.11 Å². The minimum Gasteiger partial charge on any atom is -0.507 e. The van der Waals surface area contributed by atoms with Gasteiger partial charge in [-0.2, -0.15) is 9.78 Å². The fraction of sp³-hybridized carbons (Fsp3) is 0.167. The zero-order valence-electron chi connectivity index (χ0n) is 13.3. The van der Waals surface area contributed by atoms with Crippen LogP contribution in [-0.4, -0.2) is 30.9 Å². The van der Waals surface area contributed by atoms with Gasteiger partial charge < -0.3 is 5.11 Å². The standard InChI is InChI=1S/C18H16N4OS/c1-11-7-9-13(10-8-11)17-19-20-18-22(17)21-16(12(2)24-18)14-5-3-4-6-15(14)23/h3-10,12,23H,1-2H3/t12-/m1/s1. The van der Waals surface area contributed by atoms with Crippen molar-refractivity contribution in [2.24, 2.45) is 5.10 Å². The summed E-state index contributed by atoms with van der Waals surface area (Å²) in [5.41, 5.74) is 3.72. The summed E-state index contributed by atoms with van der Waals surface area (Å²) in [6.45, 7) is 4.11. The van der Waals surface area contributed by atoms with Gasteiger partial charge in [0.1, 0.15) is 5.75 Å². The van der Waals surface area contributed by atoms with Crippen molar-refractivity contribution in [1.29, 1.82) is 0 Å². The van der Waals surface area contributed by atoms with Crippen molar-refractivity contribution in [3.63, 3.8) is 0 Å². The van der Waals surface area contributed by atoms with Gasteiger partial charge in [-0.05, 0) is 26.0 Å². The number of aromatic hydroxyl groups is 1. The number of phenols is 1. The molecule has 0 unspecified atom stereocenters. The topological polar surface area (TPSA) is 63.3 Å². The average Bonchev–Trinajstić information content (AvgIpc) is 2.98. The summed E-state index contributed by atoms with van der Waals surface area (Å²) in [5, 5.41) is 24.3. The Balaban J connectivity index is 1.85. The molecule has 4 rings (SSSR count). The van der Waals surface area contributed by atoms with Gasteiger partial charge in [0, 0.05) is 11.1 Å². The van der Waals surface area contributed by atoms with Gasteiger partial charge in [0.25, 0.3) is 0 Å². The SMILES string of the molecule is Cc1ccc(-c2nnc3n2N=C(c2ccccc2O)[C@@H](C)S3)cc1. The summed E-state index contributed by atoms with van der Waals surface area (Å²) in [6.07, 6.45) is 0. The summed E-state index contributed by atoms with van der Waals surface area (Å²) >= 11 is 1.59. The van der Waals surface area contributed by atoms with Crippen molar-refractivity contribution in [2.45, 2.75) is 24.3 Å². The molecule has 0 saturated carbocycles. The average molecular weight is 336 g/mol. The molecule has 2 aromatic carbocycles. The number of hydrogen-bond acceptors (Lipinski definition) is 5. The maximum atomic E-state index is 10.2. The first-order valence-corrected chi connectivity index (χ1v) is 8.58. The number of aryl methyl sites for hydroxylation is 1. The van der Waals surface area contributed by atoms with Crippen LogP contribution in [0, 0.1) is 6.92 Å². The van der Waals surface area contributed by atoms with E-state index in [1.807, 2.05) is 42.5 Å². The number of thioether (sulfide) groups is 1. The summed E-state index contributed by atoms with van der Waals surface area (Å²) in [7, 11) is 0. The fourth-order valence-electron chi connectivity index (χ4n) is 2.68. The van der Waals surface area contributed by atoms with Crippen molar-refractivity contribution >= 4 is 17.5 Å². The molecule has 0 radical (unpaired) electrons. The third-order valence-electron chi connectivity index (χ3n) is 3.98. The molecule has 0 fully saturated rings. The van der Waals surface area contributed by atoms with E-state index in [4.69, 9.17) is 5.10 Å². The summed E-state index contributed by atoms with van der Waals surface area (Å²) in [6, 6.07) is 15.4. The van der Waals surface area contributed by atoms with Crippen LogP contribution in [-0.2, 0) is 0 Å². The summed E-state index contributed by atoms with van der Waals surface area (Å²) < 4.78 is 1.76. The van der Waals surface area contributed by atoms with Gasteiger partial charge in [0.2, 0.25) is 5.16 Å². The van der Waals surface area contributed by atoms with Crippen LogP contribution in [0.3, 0.4) is 0 Å². The quantitative estimate of drug-likeness (QED) is 0.775. The van der Waals surface area contributed by atoms with Crippen molar-refractivity contribution in [3.8, 4) is 17.1 Å². The van der Waals surface area contributed by atoms with Crippen LogP contribution in [0.5, 0.6) is 5.75 Å². The van der Waals surface area contributed by atoms with E-state index >= 15 is 0 Å². The number of aromatic nitrogens is 3. The monoisotopic (exact) mass is 336 g/mol. The Bertz CT molecular complexity index is 930. The number of rotatable bonds is 2. The molecule has 5 nitrogen and oxygen atoms in total. The second-order valence-electron chi connectivity index (χ2n) is 5.75. The first kappa shape index (κ1) is 15.0. The Morgan fingerprint density at radius 1 is 1.04 bits per heavy atom. The minimum absolute atomic E-state index is 0.0841. The smallest absolute Gasteiger partial charge is 0.213 e. The number of para-hydroxylation sites is 1. The third-order valence-corrected chi connectivity index (χ3v) is 5.02. The van der Waals surface area contributed by atoms with E-state index in [9.17, 15) is 5.11 Å². The number of fused-ring (bicyclic) bond motifs is 1. The van der Waals surface area contributed by atoms with Crippen LogP contribution in [0.15, 0.2) is 58.8 Å². The highest BCUT2D eigenvalue weighted by molar-refractivity contribution is 8.00. The Hall–Kier alpha value is -2.60. The van der Waals surface area contributed by atoms with Crippen LogP contribution in [0.2, 0.25) is 0 Å². The van der Waals surface area contributed by atoms with E-state index in [-0.39, 0.29) is 11.0 Å². The first-order valence-electron chi connectivity index (χ1n) is 7.70. The van der Waals surface area contributed by atoms with Crippen LogP contribution < -0.4 is 0 Å². The van der Waals surface area contributed by atoms with Gasteiger partial charge in [-0.25, -0.2) is 0 Å².